The molecule has 7 heteroatoms. The summed E-state index contributed by atoms with van der Waals surface area (Å²) in [6.07, 6.45) is 1.18. The van der Waals surface area contributed by atoms with Crippen molar-refractivity contribution in [1.82, 2.24) is 5.32 Å². The minimum absolute atomic E-state index is 0.0444. The molecule has 0 radical (unpaired) electrons. The minimum atomic E-state index is -0.770. The Bertz CT molecular complexity index is 787. The number of phenolic OH excluding ortho intramolecular Hbond substituents is 2. The summed E-state index contributed by atoms with van der Waals surface area (Å²) in [6.45, 7) is 1.62. The van der Waals surface area contributed by atoms with Gasteiger partial charge < -0.3 is 20.8 Å². The third-order valence-corrected chi connectivity index (χ3v) is 2.97. The maximum Gasteiger partial charge on any atom is 0.326 e. The van der Waals surface area contributed by atoms with Gasteiger partial charge in [0.15, 0.2) is 0 Å². The number of imide groups is 1. The number of urea groups is 1. The Kier molecular flexibility index (Phi) is 5.40. The standard InChI is InChI=1S/C17H17N3O4/c1-11(18-12-6-2-4-8-14(12)21)10-16(23)20-17(24)19-13-7-3-5-9-15(13)22/h2-10,18,21-22H,1H3,(H2,19,20,23,24)/b11-10+. The van der Waals surface area contributed by atoms with Crippen molar-refractivity contribution in [2.24, 2.45) is 0 Å². The summed E-state index contributed by atoms with van der Waals surface area (Å²) in [6, 6.07) is 12.0. The first-order chi connectivity index (χ1) is 11.5. The van der Waals surface area contributed by atoms with Crippen LogP contribution in [-0.4, -0.2) is 22.2 Å². The van der Waals surface area contributed by atoms with Gasteiger partial charge >= 0.3 is 6.03 Å². The molecule has 0 fully saturated rings. The molecule has 2 aromatic carbocycles. The first-order valence-electron chi connectivity index (χ1n) is 7.09. The second kappa shape index (κ2) is 7.68. The average Bonchev–Trinajstić information content (AvgIpc) is 2.51. The van der Waals surface area contributed by atoms with E-state index >= 15 is 0 Å². The van der Waals surface area contributed by atoms with E-state index in [1.807, 2.05) is 0 Å². The largest absolute Gasteiger partial charge is 0.506 e. The maximum absolute atomic E-state index is 11.8. The molecule has 0 atom stereocenters. The van der Waals surface area contributed by atoms with Gasteiger partial charge in [0.2, 0.25) is 0 Å². The van der Waals surface area contributed by atoms with Crippen LogP contribution in [0.1, 0.15) is 6.92 Å². The zero-order valence-electron chi connectivity index (χ0n) is 12.9. The smallest absolute Gasteiger partial charge is 0.326 e. The molecule has 24 heavy (non-hydrogen) atoms. The Labute approximate surface area is 138 Å². The van der Waals surface area contributed by atoms with Crippen LogP contribution in [0.3, 0.4) is 0 Å². The highest BCUT2D eigenvalue weighted by molar-refractivity contribution is 6.05. The summed E-state index contributed by atoms with van der Waals surface area (Å²) in [5, 5.41) is 26.5. The molecule has 0 aliphatic rings. The topological polar surface area (TPSA) is 111 Å². The minimum Gasteiger partial charge on any atom is -0.506 e. The summed E-state index contributed by atoms with van der Waals surface area (Å²) in [4.78, 5) is 23.5. The Hall–Kier alpha value is -3.48. The number of allylic oxidation sites excluding steroid dienone is 1. The van der Waals surface area contributed by atoms with Crippen molar-refractivity contribution in [3.05, 3.63) is 60.3 Å². The molecule has 0 aliphatic heterocycles. The van der Waals surface area contributed by atoms with E-state index in [2.05, 4.69) is 16.0 Å². The van der Waals surface area contributed by atoms with Crippen LogP contribution in [0.15, 0.2) is 60.3 Å². The SMILES string of the molecule is C/C(=C\C(=O)NC(=O)Nc1ccccc1O)Nc1ccccc1O. The number of nitrogens with one attached hydrogen (secondary N) is 3. The number of benzene rings is 2. The van der Waals surface area contributed by atoms with E-state index in [0.717, 1.165) is 0 Å². The van der Waals surface area contributed by atoms with E-state index in [0.29, 0.717) is 11.4 Å². The maximum atomic E-state index is 11.8. The molecule has 0 unspecified atom stereocenters. The molecule has 0 saturated carbocycles. The Balaban J connectivity index is 1.93. The number of anilines is 2. The van der Waals surface area contributed by atoms with Gasteiger partial charge in [0.05, 0.1) is 11.4 Å². The van der Waals surface area contributed by atoms with Crippen molar-refractivity contribution in [2.45, 2.75) is 6.92 Å². The normalized spacial score (nSPS) is 10.8. The molecule has 2 rings (SSSR count). The fourth-order valence-corrected chi connectivity index (χ4v) is 1.91. The van der Waals surface area contributed by atoms with E-state index in [-0.39, 0.29) is 17.2 Å². The van der Waals surface area contributed by atoms with Crippen LogP contribution >= 0.6 is 0 Å². The van der Waals surface area contributed by atoms with Crippen LogP contribution in [0.25, 0.3) is 0 Å². The van der Waals surface area contributed by atoms with E-state index in [9.17, 15) is 19.8 Å². The molecule has 0 spiro atoms. The van der Waals surface area contributed by atoms with Crippen molar-refractivity contribution in [2.75, 3.05) is 10.6 Å². The van der Waals surface area contributed by atoms with E-state index < -0.39 is 11.9 Å². The highest BCUT2D eigenvalue weighted by atomic mass is 16.3. The van der Waals surface area contributed by atoms with Gasteiger partial charge in [0, 0.05) is 11.8 Å². The quantitative estimate of drug-likeness (QED) is 0.438. The Morgan fingerprint density at radius 3 is 1.92 bits per heavy atom. The van der Waals surface area contributed by atoms with E-state index in [4.69, 9.17) is 0 Å². The number of rotatable bonds is 4. The van der Waals surface area contributed by atoms with Crippen LogP contribution in [0.4, 0.5) is 16.2 Å². The zero-order valence-corrected chi connectivity index (χ0v) is 12.9. The molecule has 0 heterocycles. The zero-order chi connectivity index (χ0) is 17.5. The molecule has 0 saturated heterocycles. The molecule has 0 aromatic heterocycles. The third kappa shape index (κ3) is 4.77. The van der Waals surface area contributed by atoms with Gasteiger partial charge in [0.1, 0.15) is 11.5 Å². The Morgan fingerprint density at radius 2 is 1.38 bits per heavy atom. The number of aromatic hydroxyl groups is 2. The lowest BCUT2D eigenvalue weighted by atomic mass is 10.3. The molecular formula is C17H17N3O4. The van der Waals surface area contributed by atoms with Gasteiger partial charge in [-0.25, -0.2) is 4.79 Å². The summed E-state index contributed by atoms with van der Waals surface area (Å²) in [5.74, 6) is -0.709. The van der Waals surface area contributed by atoms with Gasteiger partial charge in [0.25, 0.3) is 5.91 Å². The molecule has 7 nitrogen and oxygen atoms in total. The number of para-hydroxylation sites is 4. The number of amides is 3. The van der Waals surface area contributed by atoms with Crippen LogP contribution in [0.5, 0.6) is 11.5 Å². The van der Waals surface area contributed by atoms with E-state index in [1.165, 1.54) is 24.3 Å². The van der Waals surface area contributed by atoms with Crippen LogP contribution < -0.4 is 16.0 Å². The lowest BCUT2D eigenvalue weighted by Gasteiger charge is -2.09. The number of carbonyl (C=O) groups excluding carboxylic acids is 2. The van der Waals surface area contributed by atoms with Crippen LogP contribution in [0, 0.1) is 0 Å². The highest BCUT2D eigenvalue weighted by Crippen LogP contribution is 2.23. The molecule has 124 valence electrons. The molecule has 0 aliphatic carbocycles. The fraction of sp³-hybridized carbons (Fsp3) is 0.0588. The van der Waals surface area contributed by atoms with Gasteiger partial charge in [-0.05, 0) is 31.2 Å². The first-order valence-corrected chi connectivity index (χ1v) is 7.09. The van der Waals surface area contributed by atoms with Crippen molar-refractivity contribution in [3.8, 4) is 11.5 Å². The second-order valence-corrected chi connectivity index (χ2v) is 4.93. The van der Waals surface area contributed by atoms with Crippen molar-refractivity contribution >= 4 is 23.3 Å². The van der Waals surface area contributed by atoms with Crippen LogP contribution in [0.2, 0.25) is 0 Å². The molecular weight excluding hydrogens is 310 g/mol. The molecule has 5 N–H and O–H groups in total. The lowest BCUT2D eigenvalue weighted by Crippen LogP contribution is -2.33. The molecule has 0 bridgehead atoms. The fourth-order valence-electron chi connectivity index (χ4n) is 1.91. The average molecular weight is 327 g/mol. The molecule has 3 amide bonds. The number of carbonyl (C=O) groups is 2. The van der Waals surface area contributed by atoms with Crippen molar-refractivity contribution < 1.29 is 19.8 Å². The lowest BCUT2D eigenvalue weighted by molar-refractivity contribution is -0.115. The van der Waals surface area contributed by atoms with Crippen molar-refractivity contribution in [1.29, 1.82) is 0 Å². The number of phenols is 2. The highest BCUT2D eigenvalue weighted by Gasteiger charge is 2.09. The summed E-state index contributed by atoms with van der Waals surface area (Å²) in [7, 11) is 0. The first kappa shape index (κ1) is 16.9. The van der Waals surface area contributed by atoms with Gasteiger partial charge in [-0.1, -0.05) is 24.3 Å². The number of hydrogen-bond acceptors (Lipinski definition) is 5. The summed E-state index contributed by atoms with van der Waals surface area (Å²) >= 11 is 0. The van der Waals surface area contributed by atoms with Crippen LogP contribution in [-0.2, 0) is 4.79 Å². The second-order valence-electron chi connectivity index (χ2n) is 4.93. The van der Waals surface area contributed by atoms with E-state index in [1.54, 1.807) is 37.3 Å². The Morgan fingerprint density at radius 1 is 0.875 bits per heavy atom. The summed E-state index contributed by atoms with van der Waals surface area (Å²) in [5.41, 5.74) is 1.07. The third-order valence-electron chi connectivity index (χ3n) is 2.97. The predicted octanol–water partition coefficient (Wildman–Crippen LogP) is 2.76. The van der Waals surface area contributed by atoms with Gasteiger partial charge in [-0.3, -0.25) is 10.1 Å². The summed E-state index contributed by atoms with van der Waals surface area (Å²) < 4.78 is 0. The monoisotopic (exact) mass is 327 g/mol. The van der Waals surface area contributed by atoms with Gasteiger partial charge in [-0.15, -0.1) is 0 Å². The predicted molar refractivity (Wildman–Crippen MR) is 90.8 cm³/mol. The van der Waals surface area contributed by atoms with Crippen molar-refractivity contribution in [3.63, 3.8) is 0 Å². The number of hydrogen-bond donors (Lipinski definition) is 5. The van der Waals surface area contributed by atoms with Gasteiger partial charge in [-0.2, -0.15) is 0 Å². The molecule has 2 aromatic rings.